The van der Waals surface area contributed by atoms with Gasteiger partial charge in [-0.1, -0.05) is 41.7 Å². The van der Waals surface area contributed by atoms with Crippen LogP contribution in [0.5, 0.6) is 0 Å². The number of carbonyl (C=O) groups excluding carboxylic acids is 1. The first kappa shape index (κ1) is 22.4. The summed E-state index contributed by atoms with van der Waals surface area (Å²) < 4.78 is 1.09. The third-order valence-corrected chi connectivity index (χ3v) is 5.75. The second-order valence-electron chi connectivity index (χ2n) is 6.64. The lowest BCUT2D eigenvalue weighted by molar-refractivity contribution is -0.116. The standard InChI is InChI=1S/C20H22N4OS.2ClH/c21-16(14-6-2-1-3-7-14)13-19(25)22-15-8-9-17-18(12-15)26-20(23-17)24-10-4-5-11-24;;/h1-3,6-9,12,16H,4-5,10-11,13,21H2,(H,22,25);2*1H. The van der Waals surface area contributed by atoms with Crippen LogP contribution in [0.4, 0.5) is 10.8 Å². The summed E-state index contributed by atoms with van der Waals surface area (Å²) in [4.78, 5) is 19.4. The number of rotatable bonds is 5. The van der Waals surface area contributed by atoms with Gasteiger partial charge in [-0.3, -0.25) is 4.79 Å². The topological polar surface area (TPSA) is 71.2 Å². The lowest BCUT2D eigenvalue weighted by Gasteiger charge is -2.12. The lowest BCUT2D eigenvalue weighted by Crippen LogP contribution is -2.20. The van der Waals surface area contributed by atoms with Crippen molar-refractivity contribution in [2.45, 2.75) is 25.3 Å². The molecule has 0 aliphatic carbocycles. The van der Waals surface area contributed by atoms with E-state index in [4.69, 9.17) is 10.7 Å². The van der Waals surface area contributed by atoms with E-state index in [9.17, 15) is 4.79 Å². The van der Waals surface area contributed by atoms with E-state index in [1.54, 1.807) is 11.3 Å². The fraction of sp³-hybridized carbons (Fsp3) is 0.300. The first-order chi connectivity index (χ1) is 12.7. The molecule has 8 heteroatoms. The van der Waals surface area contributed by atoms with Gasteiger partial charge in [0.2, 0.25) is 5.91 Å². The van der Waals surface area contributed by atoms with Crippen molar-refractivity contribution in [3.63, 3.8) is 0 Å². The van der Waals surface area contributed by atoms with Crippen LogP contribution < -0.4 is 16.0 Å². The molecule has 1 aromatic heterocycles. The molecule has 0 radical (unpaired) electrons. The largest absolute Gasteiger partial charge is 0.348 e. The molecule has 0 spiro atoms. The van der Waals surface area contributed by atoms with Crippen molar-refractivity contribution in [1.29, 1.82) is 0 Å². The zero-order valence-corrected chi connectivity index (χ0v) is 17.8. The highest BCUT2D eigenvalue weighted by Gasteiger charge is 2.17. The van der Waals surface area contributed by atoms with Crippen LogP contribution in [0.3, 0.4) is 0 Å². The Balaban J connectivity index is 0.00000140. The van der Waals surface area contributed by atoms with E-state index in [0.717, 1.165) is 39.7 Å². The van der Waals surface area contributed by atoms with E-state index in [0.29, 0.717) is 0 Å². The van der Waals surface area contributed by atoms with E-state index in [1.165, 1.54) is 12.8 Å². The average molecular weight is 439 g/mol. The maximum absolute atomic E-state index is 12.3. The van der Waals surface area contributed by atoms with Gasteiger partial charge in [-0.2, -0.15) is 0 Å². The monoisotopic (exact) mass is 438 g/mol. The van der Waals surface area contributed by atoms with Crippen molar-refractivity contribution in [2.24, 2.45) is 5.73 Å². The van der Waals surface area contributed by atoms with Gasteiger partial charge >= 0.3 is 0 Å². The molecule has 2 aromatic carbocycles. The highest BCUT2D eigenvalue weighted by Crippen LogP contribution is 2.32. The van der Waals surface area contributed by atoms with Crippen molar-refractivity contribution >= 4 is 63.1 Å². The number of nitrogens with zero attached hydrogens (tertiary/aromatic N) is 2. The number of halogens is 2. The molecule has 0 bridgehead atoms. The molecule has 2 heterocycles. The van der Waals surface area contributed by atoms with Crippen LogP contribution in [-0.4, -0.2) is 24.0 Å². The van der Waals surface area contributed by atoms with E-state index in [2.05, 4.69) is 10.2 Å². The third-order valence-electron chi connectivity index (χ3n) is 4.67. The van der Waals surface area contributed by atoms with Crippen molar-refractivity contribution in [1.82, 2.24) is 4.98 Å². The highest BCUT2D eigenvalue weighted by molar-refractivity contribution is 7.22. The molecule has 4 rings (SSSR count). The highest BCUT2D eigenvalue weighted by atomic mass is 35.5. The number of hydrogen-bond acceptors (Lipinski definition) is 5. The Morgan fingerprint density at radius 2 is 1.86 bits per heavy atom. The van der Waals surface area contributed by atoms with Gasteiger partial charge in [0.25, 0.3) is 0 Å². The van der Waals surface area contributed by atoms with Crippen LogP contribution in [-0.2, 0) is 4.79 Å². The van der Waals surface area contributed by atoms with Gasteiger partial charge in [0.15, 0.2) is 5.13 Å². The molecular weight excluding hydrogens is 415 g/mol. The van der Waals surface area contributed by atoms with Crippen LogP contribution in [0.25, 0.3) is 10.2 Å². The smallest absolute Gasteiger partial charge is 0.226 e. The molecule has 1 saturated heterocycles. The number of carbonyl (C=O) groups is 1. The van der Waals surface area contributed by atoms with Crippen LogP contribution in [0.2, 0.25) is 0 Å². The molecule has 1 unspecified atom stereocenters. The molecular formula is C20H24Cl2N4OS. The van der Waals surface area contributed by atoms with Crippen LogP contribution in [0.15, 0.2) is 48.5 Å². The molecule has 0 saturated carbocycles. The second-order valence-corrected chi connectivity index (χ2v) is 7.65. The summed E-state index contributed by atoms with van der Waals surface area (Å²) in [6.45, 7) is 2.17. The molecule has 1 atom stereocenters. The minimum Gasteiger partial charge on any atom is -0.348 e. The lowest BCUT2D eigenvalue weighted by atomic mass is 10.0. The van der Waals surface area contributed by atoms with Gasteiger partial charge in [0.1, 0.15) is 0 Å². The van der Waals surface area contributed by atoms with E-state index < -0.39 is 0 Å². The zero-order valence-electron chi connectivity index (χ0n) is 15.3. The Morgan fingerprint density at radius 1 is 1.14 bits per heavy atom. The summed E-state index contributed by atoms with van der Waals surface area (Å²) >= 11 is 1.69. The van der Waals surface area contributed by atoms with E-state index >= 15 is 0 Å². The van der Waals surface area contributed by atoms with Gasteiger partial charge in [-0.15, -0.1) is 24.8 Å². The second kappa shape index (κ2) is 10.1. The fourth-order valence-electron chi connectivity index (χ4n) is 3.26. The minimum absolute atomic E-state index is 0. The number of amides is 1. The zero-order chi connectivity index (χ0) is 17.9. The summed E-state index contributed by atoms with van der Waals surface area (Å²) in [6.07, 6.45) is 2.72. The van der Waals surface area contributed by atoms with Crippen LogP contribution in [0.1, 0.15) is 30.9 Å². The Kier molecular flexibility index (Phi) is 8.07. The Labute approximate surface area is 181 Å². The van der Waals surface area contributed by atoms with Crippen LogP contribution >= 0.6 is 36.2 Å². The van der Waals surface area contributed by atoms with Crippen molar-refractivity contribution in [3.05, 3.63) is 54.1 Å². The molecule has 5 nitrogen and oxygen atoms in total. The Bertz CT molecular complexity index is 913. The molecule has 1 fully saturated rings. The summed E-state index contributed by atoms with van der Waals surface area (Å²) in [6, 6.07) is 15.3. The van der Waals surface area contributed by atoms with Crippen molar-refractivity contribution in [2.75, 3.05) is 23.3 Å². The fourth-order valence-corrected chi connectivity index (χ4v) is 4.32. The Hall–Kier alpha value is -1.86. The molecule has 1 amide bonds. The number of anilines is 2. The first-order valence-corrected chi connectivity index (χ1v) is 9.76. The predicted octanol–water partition coefficient (Wildman–Crippen LogP) is 4.77. The molecule has 3 N–H and O–H groups in total. The number of benzene rings is 2. The van der Waals surface area contributed by atoms with Crippen molar-refractivity contribution in [3.8, 4) is 0 Å². The number of aromatic nitrogens is 1. The summed E-state index contributed by atoms with van der Waals surface area (Å²) in [7, 11) is 0. The molecule has 1 aliphatic rings. The maximum atomic E-state index is 12.3. The summed E-state index contributed by atoms with van der Waals surface area (Å²) in [5.74, 6) is -0.0787. The Morgan fingerprint density at radius 3 is 2.57 bits per heavy atom. The maximum Gasteiger partial charge on any atom is 0.226 e. The average Bonchev–Trinajstić information content (AvgIpc) is 3.31. The first-order valence-electron chi connectivity index (χ1n) is 8.95. The third kappa shape index (κ3) is 5.14. The minimum atomic E-state index is -0.301. The molecule has 1 aliphatic heterocycles. The molecule has 28 heavy (non-hydrogen) atoms. The normalized spacial score (nSPS) is 14.2. The van der Waals surface area contributed by atoms with E-state index in [-0.39, 0.29) is 43.2 Å². The number of thiazole rings is 1. The molecule has 150 valence electrons. The predicted molar refractivity (Wildman–Crippen MR) is 122 cm³/mol. The molecule has 3 aromatic rings. The number of fused-ring (bicyclic) bond motifs is 1. The SMILES string of the molecule is Cl.Cl.NC(CC(=O)Nc1ccc2nc(N3CCCC3)sc2c1)c1ccccc1. The van der Waals surface area contributed by atoms with Gasteiger partial charge < -0.3 is 16.0 Å². The van der Waals surface area contributed by atoms with Gasteiger partial charge in [0, 0.05) is 31.2 Å². The number of hydrogen-bond donors (Lipinski definition) is 2. The van der Waals surface area contributed by atoms with Gasteiger partial charge in [-0.25, -0.2) is 4.98 Å². The quantitative estimate of drug-likeness (QED) is 0.601. The van der Waals surface area contributed by atoms with Crippen molar-refractivity contribution < 1.29 is 4.79 Å². The summed E-state index contributed by atoms with van der Waals surface area (Å²) in [5, 5.41) is 4.04. The van der Waals surface area contributed by atoms with Gasteiger partial charge in [-0.05, 0) is 36.6 Å². The summed E-state index contributed by atoms with van der Waals surface area (Å²) in [5.41, 5.74) is 8.88. The van der Waals surface area contributed by atoms with E-state index in [1.807, 2.05) is 48.5 Å². The number of nitrogens with one attached hydrogen (secondary N) is 1. The van der Waals surface area contributed by atoms with Crippen LogP contribution in [0, 0.1) is 0 Å². The number of nitrogens with two attached hydrogens (primary N) is 1. The van der Waals surface area contributed by atoms with Gasteiger partial charge in [0.05, 0.1) is 10.2 Å².